The molecular weight excluding hydrogens is 183 g/mol. The topological polar surface area (TPSA) is 37.3 Å². The highest BCUT2D eigenvalue weighted by atomic mass is 19.1. The van der Waals surface area contributed by atoms with Crippen LogP contribution in [0.3, 0.4) is 0 Å². The Morgan fingerprint density at radius 3 is 2.79 bits per heavy atom. The van der Waals surface area contributed by atoms with Crippen molar-refractivity contribution in [3.63, 3.8) is 0 Å². The predicted molar refractivity (Wildman–Crippen MR) is 52.0 cm³/mol. The fraction of sp³-hybridized carbons (Fsp3) is 0.182. The van der Waals surface area contributed by atoms with E-state index in [1.54, 1.807) is 6.08 Å². The number of aromatic hydroxyl groups is 1. The normalized spacial score (nSPS) is 9.86. The summed E-state index contributed by atoms with van der Waals surface area (Å²) < 4.78 is 13.0. The van der Waals surface area contributed by atoms with Crippen LogP contribution in [0.4, 0.5) is 4.39 Å². The van der Waals surface area contributed by atoms with Crippen molar-refractivity contribution >= 4 is 5.78 Å². The molecule has 0 aliphatic rings. The van der Waals surface area contributed by atoms with E-state index in [1.807, 2.05) is 0 Å². The third-order valence-electron chi connectivity index (χ3n) is 1.90. The number of phenols is 1. The fourth-order valence-electron chi connectivity index (χ4n) is 1.24. The number of carbonyl (C=O) groups excluding carboxylic acids is 1. The molecule has 0 heterocycles. The second-order valence-corrected chi connectivity index (χ2v) is 3.01. The van der Waals surface area contributed by atoms with Crippen LogP contribution >= 0.6 is 0 Å². The van der Waals surface area contributed by atoms with Crippen LogP contribution in [-0.4, -0.2) is 10.9 Å². The molecule has 3 heteroatoms. The minimum absolute atomic E-state index is 0.0156. The number of rotatable bonds is 3. The molecule has 0 radical (unpaired) electrons. The maximum atomic E-state index is 13.0. The van der Waals surface area contributed by atoms with E-state index >= 15 is 0 Å². The van der Waals surface area contributed by atoms with Crippen LogP contribution in [0.5, 0.6) is 5.75 Å². The van der Waals surface area contributed by atoms with Crippen molar-refractivity contribution in [1.29, 1.82) is 0 Å². The number of ketones is 1. The Morgan fingerprint density at radius 2 is 2.29 bits per heavy atom. The van der Waals surface area contributed by atoms with Crippen molar-refractivity contribution in [2.45, 2.75) is 13.3 Å². The van der Waals surface area contributed by atoms with Crippen LogP contribution in [0.2, 0.25) is 0 Å². The number of hydrogen-bond donors (Lipinski definition) is 1. The van der Waals surface area contributed by atoms with Crippen molar-refractivity contribution in [3.05, 3.63) is 41.7 Å². The molecular formula is C11H11FO2. The summed E-state index contributed by atoms with van der Waals surface area (Å²) in [5, 5.41) is 9.58. The van der Waals surface area contributed by atoms with Crippen LogP contribution in [-0.2, 0) is 6.42 Å². The molecule has 0 saturated heterocycles. The molecule has 0 amide bonds. The van der Waals surface area contributed by atoms with Gasteiger partial charge in [-0.1, -0.05) is 6.08 Å². The monoisotopic (exact) mass is 194 g/mol. The van der Waals surface area contributed by atoms with Gasteiger partial charge in [-0.05, 0) is 25.5 Å². The van der Waals surface area contributed by atoms with Gasteiger partial charge in [0, 0.05) is 5.56 Å². The molecule has 0 spiro atoms. The van der Waals surface area contributed by atoms with E-state index in [0.29, 0.717) is 12.0 Å². The Balaban J connectivity index is 3.31. The van der Waals surface area contributed by atoms with Gasteiger partial charge < -0.3 is 5.11 Å². The van der Waals surface area contributed by atoms with Crippen LogP contribution < -0.4 is 0 Å². The highest BCUT2D eigenvalue weighted by Crippen LogP contribution is 2.25. The molecule has 2 nitrogen and oxygen atoms in total. The maximum absolute atomic E-state index is 13.0. The van der Waals surface area contributed by atoms with Gasteiger partial charge in [0.05, 0.1) is 5.56 Å². The highest BCUT2D eigenvalue weighted by molar-refractivity contribution is 5.97. The number of carbonyl (C=O) groups is 1. The Kier molecular flexibility index (Phi) is 3.02. The average molecular weight is 194 g/mol. The third kappa shape index (κ3) is 1.99. The second kappa shape index (κ2) is 4.05. The molecule has 1 aromatic carbocycles. The second-order valence-electron chi connectivity index (χ2n) is 3.01. The van der Waals surface area contributed by atoms with E-state index in [4.69, 9.17) is 0 Å². The molecule has 1 aromatic rings. The number of phenolic OH excluding ortho intramolecular Hbond substituents is 1. The fourth-order valence-corrected chi connectivity index (χ4v) is 1.24. The lowest BCUT2D eigenvalue weighted by Crippen LogP contribution is -1.97. The number of hydrogen-bond acceptors (Lipinski definition) is 2. The van der Waals surface area contributed by atoms with Crippen molar-refractivity contribution < 1.29 is 14.3 Å². The zero-order valence-electron chi connectivity index (χ0n) is 7.88. The summed E-state index contributed by atoms with van der Waals surface area (Å²) in [6, 6.07) is 2.23. The summed E-state index contributed by atoms with van der Waals surface area (Å²) in [4.78, 5) is 11.0. The van der Waals surface area contributed by atoms with Gasteiger partial charge in [-0.25, -0.2) is 4.39 Å². The smallest absolute Gasteiger partial charge is 0.163 e. The van der Waals surface area contributed by atoms with E-state index in [9.17, 15) is 14.3 Å². The highest BCUT2D eigenvalue weighted by Gasteiger charge is 2.12. The zero-order chi connectivity index (χ0) is 10.7. The van der Waals surface area contributed by atoms with E-state index in [1.165, 1.54) is 13.0 Å². The van der Waals surface area contributed by atoms with E-state index in [2.05, 4.69) is 6.58 Å². The molecule has 0 unspecified atom stereocenters. The molecule has 0 fully saturated rings. The number of Topliss-reactive ketones (excluding diaryl/α,β-unsaturated/α-hetero) is 1. The SMILES string of the molecule is C=CCc1cc(F)cc(C(C)=O)c1O. The lowest BCUT2D eigenvalue weighted by Gasteiger charge is -2.06. The standard InChI is InChI=1S/C11H11FO2/c1-3-4-8-5-9(12)6-10(7(2)13)11(8)14/h3,5-6,14H,1,4H2,2H3. The van der Waals surface area contributed by atoms with E-state index < -0.39 is 5.82 Å². The molecule has 0 atom stereocenters. The van der Waals surface area contributed by atoms with E-state index in [-0.39, 0.29) is 17.1 Å². The largest absolute Gasteiger partial charge is 0.507 e. The van der Waals surface area contributed by atoms with Gasteiger partial charge in [-0.2, -0.15) is 0 Å². The molecule has 0 aliphatic heterocycles. The lowest BCUT2D eigenvalue weighted by atomic mass is 10.0. The Labute approximate surface area is 81.7 Å². The summed E-state index contributed by atoms with van der Waals surface area (Å²) >= 11 is 0. The van der Waals surface area contributed by atoms with Gasteiger partial charge in [-0.15, -0.1) is 6.58 Å². The van der Waals surface area contributed by atoms with Gasteiger partial charge >= 0.3 is 0 Å². The Bertz CT molecular complexity index is 383. The molecule has 74 valence electrons. The predicted octanol–water partition coefficient (Wildman–Crippen LogP) is 2.46. The third-order valence-corrected chi connectivity index (χ3v) is 1.90. The summed E-state index contributed by atoms with van der Waals surface area (Å²) in [7, 11) is 0. The Morgan fingerprint density at radius 1 is 1.64 bits per heavy atom. The molecule has 0 saturated carbocycles. The summed E-state index contributed by atoms with van der Waals surface area (Å²) in [6.07, 6.45) is 1.88. The van der Waals surface area contributed by atoms with Gasteiger partial charge in [-0.3, -0.25) is 4.79 Å². The molecule has 14 heavy (non-hydrogen) atoms. The summed E-state index contributed by atoms with van der Waals surface area (Å²) in [5.74, 6) is -1.03. The first-order valence-corrected chi connectivity index (χ1v) is 4.19. The molecule has 0 aromatic heterocycles. The molecule has 0 aliphatic carbocycles. The van der Waals surface area contributed by atoms with Crippen molar-refractivity contribution in [1.82, 2.24) is 0 Å². The number of allylic oxidation sites excluding steroid dienone is 1. The molecule has 1 N–H and O–H groups in total. The van der Waals surface area contributed by atoms with Crippen LogP contribution in [0.1, 0.15) is 22.8 Å². The van der Waals surface area contributed by atoms with Crippen LogP contribution in [0.25, 0.3) is 0 Å². The minimum Gasteiger partial charge on any atom is -0.507 e. The first-order valence-electron chi connectivity index (χ1n) is 4.19. The average Bonchev–Trinajstić information content (AvgIpc) is 2.10. The quantitative estimate of drug-likeness (QED) is 0.592. The van der Waals surface area contributed by atoms with Gasteiger partial charge in [0.1, 0.15) is 11.6 Å². The van der Waals surface area contributed by atoms with Crippen molar-refractivity contribution in [3.8, 4) is 5.75 Å². The minimum atomic E-state index is -0.523. The zero-order valence-corrected chi connectivity index (χ0v) is 7.88. The number of benzene rings is 1. The first-order chi connectivity index (χ1) is 6.56. The van der Waals surface area contributed by atoms with Crippen LogP contribution in [0, 0.1) is 5.82 Å². The van der Waals surface area contributed by atoms with Gasteiger partial charge in [0.25, 0.3) is 0 Å². The summed E-state index contributed by atoms with van der Waals surface area (Å²) in [5.41, 5.74) is 0.395. The first kappa shape index (κ1) is 10.4. The maximum Gasteiger partial charge on any atom is 0.163 e. The molecule has 1 rings (SSSR count). The molecule has 0 bridgehead atoms. The summed E-state index contributed by atoms with van der Waals surface area (Å²) in [6.45, 7) is 4.77. The van der Waals surface area contributed by atoms with Crippen molar-refractivity contribution in [2.24, 2.45) is 0 Å². The Hall–Kier alpha value is -1.64. The lowest BCUT2D eigenvalue weighted by molar-refractivity contribution is 0.101. The van der Waals surface area contributed by atoms with E-state index in [0.717, 1.165) is 6.07 Å². The number of halogens is 1. The van der Waals surface area contributed by atoms with Gasteiger partial charge in [0.2, 0.25) is 0 Å². The van der Waals surface area contributed by atoms with Crippen molar-refractivity contribution in [2.75, 3.05) is 0 Å². The van der Waals surface area contributed by atoms with Crippen LogP contribution in [0.15, 0.2) is 24.8 Å². The van der Waals surface area contributed by atoms with Gasteiger partial charge in [0.15, 0.2) is 5.78 Å².